The van der Waals surface area contributed by atoms with Gasteiger partial charge in [0, 0.05) is 80.2 Å². The Morgan fingerprint density at radius 2 is 1.45 bits per heavy atom. The number of aliphatic carboxylic acids is 1. The van der Waals surface area contributed by atoms with Crippen molar-refractivity contribution in [2.45, 2.75) is 132 Å². The van der Waals surface area contributed by atoms with Crippen LogP contribution in [0.3, 0.4) is 0 Å². The van der Waals surface area contributed by atoms with Gasteiger partial charge in [-0.05, 0) is 98.4 Å². The second-order valence-corrected chi connectivity index (χ2v) is 24.9. The first-order chi connectivity index (χ1) is 45.7. The van der Waals surface area contributed by atoms with E-state index in [-0.39, 0.29) is 114 Å². The van der Waals surface area contributed by atoms with E-state index in [1.165, 1.54) is 0 Å². The lowest BCUT2D eigenvalue weighted by Crippen LogP contribution is -2.55. The molecule has 3 aliphatic heterocycles. The molecule has 2 fully saturated rings. The molecule has 0 bridgehead atoms. The largest absolute Gasteiger partial charge is 0.481 e. The highest BCUT2D eigenvalue weighted by Crippen LogP contribution is 2.40. The van der Waals surface area contributed by atoms with Gasteiger partial charge in [-0.1, -0.05) is 84.9 Å². The number of amides is 9. The van der Waals surface area contributed by atoms with Crippen LogP contribution < -0.4 is 64.4 Å². The first kappa shape index (κ1) is 71.0. The van der Waals surface area contributed by atoms with E-state index in [1.54, 1.807) is 35.2 Å². The quantitative estimate of drug-likeness (QED) is 0.0112. The first-order valence-electron chi connectivity index (χ1n) is 31.8. The van der Waals surface area contributed by atoms with Crippen molar-refractivity contribution in [3.05, 3.63) is 120 Å². The molecule has 0 saturated carbocycles. The summed E-state index contributed by atoms with van der Waals surface area (Å²) in [5.74, 6) is -9.01. The monoisotopic (exact) mass is 1320 g/mol. The standard InChI is InChI=1S/C66H82N16O12S/c1-2-43(67)32-40-21-23-44(24-22-40)82-60-46-17-8-9-20-51(46)81(37-41-15-6-7-16-45(41)59(60)78-79-82)56(86)25-29-71-54(84)26-30-80-57(87)35-53(65(80)94)95-38-47(68)62(91)72-27-11-10-18-49-64(93)77-48(19-12-28-73-66(69)70)63(92)74-36-55(85)75-50(34-58(88)89)52(83)33-42(61(90)76-49)31-39-13-4-3-5-14-39/h3-9,13-17,20-24,42-43,47-50,53H,2,10-12,18-19,25-38,67-68H2,1H3,(H11,69,70,71,72,73,74,75,76,77,84,85,88,89,90,91,92,93)/p+1/t42-,43?,47-,48-,49-,50-,53?/m0/s1. The third-order valence-corrected chi connectivity index (χ3v) is 17.9. The van der Waals surface area contributed by atoms with E-state index in [4.69, 9.17) is 28.0 Å². The van der Waals surface area contributed by atoms with Crippen LogP contribution in [0.25, 0.3) is 28.2 Å². The zero-order valence-electron chi connectivity index (χ0n) is 52.9. The number of nitrogens with one attached hydrogen (secondary N) is 7. The Balaban J connectivity index is 0.816. The normalized spacial score (nSPS) is 19.1. The van der Waals surface area contributed by atoms with Crippen molar-refractivity contribution in [3.8, 4) is 28.2 Å². The number of para-hydroxylation sites is 1. The Morgan fingerprint density at radius 1 is 0.758 bits per heavy atom. The fourth-order valence-electron chi connectivity index (χ4n) is 11.4. The van der Waals surface area contributed by atoms with Crippen molar-refractivity contribution in [3.63, 3.8) is 0 Å². The van der Waals surface area contributed by atoms with E-state index < -0.39 is 114 Å². The second kappa shape index (κ2) is 34.3. The van der Waals surface area contributed by atoms with Gasteiger partial charge in [-0.2, -0.15) is 0 Å². The predicted octanol–water partition coefficient (Wildman–Crippen LogP) is 0.448. The number of anilines is 1. The molecule has 9 amide bonds. The van der Waals surface area contributed by atoms with Gasteiger partial charge in [-0.25, -0.2) is 0 Å². The number of carbonyl (C=O) groups is 11. The van der Waals surface area contributed by atoms with Crippen LogP contribution in [0.1, 0.15) is 94.2 Å². The van der Waals surface area contributed by atoms with Crippen LogP contribution in [0.4, 0.5) is 5.69 Å². The number of ketones is 1. The smallest absolute Gasteiger partial charge is 0.305 e. The molecule has 0 radical (unpaired) electrons. The molecule has 28 nitrogen and oxygen atoms in total. The van der Waals surface area contributed by atoms with E-state index in [1.807, 2.05) is 77.5 Å². The zero-order valence-corrected chi connectivity index (χ0v) is 53.7. The number of carboxylic acids is 1. The number of unbranched alkanes of at least 4 members (excludes halogenated alkanes) is 1. The number of benzene rings is 4. The maximum Gasteiger partial charge on any atom is 0.305 e. The lowest BCUT2D eigenvalue weighted by atomic mass is 9.90. The van der Waals surface area contributed by atoms with Crippen LogP contribution in [0.2, 0.25) is 0 Å². The Bertz CT molecular complexity index is 3640. The summed E-state index contributed by atoms with van der Waals surface area (Å²) in [6.07, 6.45) is 0.508. The van der Waals surface area contributed by atoms with Crippen LogP contribution >= 0.6 is 11.8 Å². The lowest BCUT2D eigenvalue weighted by molar-refractivity contribution is -0.648. The minimum atomic E-state index is -1.55. The van der Waals surface area contributed by atoms with Crippen molar-refractivity contribution < 1.29 is 62.5 Å². The van der Waals surface area contributed by atoms with Crippen molar-refractivity contribution in [1.29, 1.82) is 0 Å². The molecule has 7 atom stereocenters. The molecule has 5 aromatic rings. The van der Waals surface area contributed by atoms with Gasteiger partial charge in [-0.15, -0.1) is 16.4 Å². The molecular formula is C66H83N16O12S+. The topological polar surface area (TPSA) is 436 Å². The highest BCUT2D eigenvalue weighted by molar-refractivity contribution is 8.00. The molecule has 504 valence electrons. The molecule has 16 N–H and O–H groups in total. The fourth-order valence-corrected chi connectivity index (χ4v) is 12.5. The zero-order chi connectivity index (χ0) is 68.1. The van der Waals surface area contributed by atoms with Gasteiger partial charge in [-0.3, -0.25) is 62.6 Å². The van der Waals surface area contributed by atoms with Crippen molar-refractivity contribution in [2.24, 2.45) is 33.8 Å². The molecule has 0 aliphatic carbocycles. The Morgan fingerprint density at radius 3 is 2.19 bits per heavy atom. The molecule has 2 unspecified atom stereocenters. The molecule has 8 rings (SSSR count). The number of likely N-dealkylation sites (tertiary alicyclic amines) is 1. The van der Waals surface area contributed by atoms with Gasteiger partial charge in [0.05, 0.1) is 48.1 Å². The number of carboxylic acid groups (broad SMARTS) is 1. The maximum absolute atomic E-state index is 14.3. The Kier molecular flexibility index (Phi) is 25.7. The third-order valence-electron chi connectivity index (χ3n) is 16.6. The van der Waals surface area contributed by atoms with Crippen molar-refractivity contribution in [1.82, 2.24) is 47.1 Å². The van der Waals surface area contributed by atoms with Crippen molar-refractivity contribution in [2.75, 3.05) is 43.4 Å². The number of Topliss-reactive ketones (excluding diaryl/α,β-unsaturated/α-hetero) is 1. The Labute approximate surface area is 553 Å². The lowest BCUT2D eigenvalue weighted by Gasteiger charge is -2.27. The number of hydrogen-bond acceptors (Lipinski definition) is 16. The number of aromatic nitrogens is 3. The van der Waals surface area contributed by atoms with Gasteiger partial charge in [0.1, 0.15) is 12.1 Å². The SMILES string of the molecule is CCC(N)Cc1ccc(-[n+]2[nH]nc3c2-c2ccccc2N(C(=O)CCNC(=O)CCN2C(=O)CC(SC[C@H](N)C(=O)NCCCC[C@@H]4NC(=O)[C@@H](Cc5ccccc5)CC(=O)[C@H](CC(=O)O)NC(=O)CNC(=O)[C@H](CCCN=C(N)N)NC4=O)C2=O)Cc2ccccc2-3)cc1. The van der Waals surface area contributed by atoms with Crippen LogP contribution in [0.5, 0.6) is 0 Å². The summed E-state index contributed by atoms with van der Waals surface area (Å²) in [6.45, 7) is 1.55. The summed E-state index contributed by atoms with van der Waals surface area (Å²) < 4.78 is 1.90. The molecule has 29 heteroatoms. The molecule has 95 heavy (non-hydrogen) atoms. The average molecular weight is 1320 g/mol. The van der Waals surface area contributed by atoms with Gasteiger partial charge < -0.3 is 64.8 Å². The number of fused-ring (bicyclic) bond motifs is 5. The summed E-state index contributed by atoms with van der Waals surface area (Å²) in [5.41, 5.74) is 30.7. The number of H-pyrrole nitrogens is 1. The minimum Gasteiger partial charge on any atom is -0.481 e. The van der Waals surface area contributed by atoms with Gasteiger partial charge in [0.15, 0.2) is 17.4 Å². The van der Waals surface area contributed by atoms with E-state index in [9.17, 15) is 57.8 Å². The Hall–Kier alpha value is -9.87. The summed E-state index contributed by atoms with van der Waals surface area (Å²) in [6, 6.07) is 27.0. The third kappa shape index (κ3) is 19.8. The molecule has 1 aromatic heterocycles. The number of nitrogens with two attached hydrogens (primary N) is 4. The molecule has 4 heterocycles. The highest BCUT2D eigenvalue weighted by Gasteiger charge is 2.40. The number of nitrogens with zero attached hydrogens (tertiary/aromatic N) is 5. The molecule has 3 aliphatic rings. The minimum absolute atomic E-state index is 0.00445. The maximum atomic E-state index is 14.3. The van der Waals surface area contributed by atoms with Crippen LogP contribution in [-0.2, 0) is 72.1 Å². The number of hydrogen-bond donors (Lipinski definition) is 12. The fraction of sp³-hybridized carbons (Fsp3) is 0.424. The number of carbonyl (C=O) groups excluding carboxylic acids is 10. The molecule has 0 spiro atoms. The number of thioether (sulfide) groups is 1. The first-order valence-corrected chi connectivity index (χ1v) is 32.8. The molecule has 2 saturated heterocycles. The van der Waals surface area contributed by atoms with Crippen LogP contribution in [0, 0.1) is 5.92 Å². The highest BCUT2D eigenvalue weighted by atomic mass is 32.2. The molecular weight excluding hydrogens is 1240 g/mol. The number of guanidine groups is 1. The van der Waals surface area contributed by atoms with E-state index in [0.717, 1.165) is 68.8 Å². The van der Waals surface area contributed by atoms with Crippen LogP contribution in [0.15, 0.2) is 108 Å². The number of aliphatic imine (C=N–C) groups is 1. The summed E-state index contributed by atoms with van der Waals surface area (Å²) in [5, 5.41) is 32.5. The second-order valence-electron chi connectivity index (χ2n) is 23.7. The van der Waals surface area contributed by atoms with Crippen molar-refractivity contribution >= 4 is 88.3 Å². The summed E-state index contributed by atoms with van der Waals surface area (Å²) in [7, 11) is 0. The van der Waals surface area contributed by atoms with E-state index >= 15 is 0 Å². The van der Waals surface area contributed by atoms with E-state index in [0.29, 0.717) is 11.3 Å². The summed E-state index contributed by atoms with van der Waals surface area (Å²) >= 11 is 1.03. The van der Waals surface area contributed by atoms with Gasteiger partial charge in [0.2, 0.25) is 58.9 Å². The number of imide groups is 1. The van der Waals surface area contributed by atoms with Crippen LogP contribution in [-0.4, -0.2) is 165 Å². The predicted molar refractivity (Wildman–Crippen MR) is 353 cm³/mol. The summed E-state index contributed by atoms with van der Waals surface area (Å²) in [4.78, 5) is 155. The van der Waals surface area contributed by atoms with E-state index in [2.05, 4.69) is 49.0 Å². The average Bonchev–Trinajstić information content (AvgIpc) is 1.58. The molecule has 4 aromatic carbocycles. The number of aromatic amines is 1. The van der Waals surface area contributed by atoms with Gasteiger partial charge in [0.25, 0.3) is 5.69 Å². The van der Waals surface area contributed by atoms with Gasteiger partial charge >= 0.3 is 5.97 Å². The number of rotatable bonds is 27.